The number of hydrogen-bond donors (Lipinski definition) is 2. The Kier molecular flexibility index (Phi) is 5.17. The summed E-state index contributed by atoms with van der Waals surface area (Å²) in [6.07, 6.45) is 9.93. The van der Waals surface area contributed by atoms with Gasteiger partial charge in [0, 0.05) is 18.3 Å². The molecule has 130 valence electrons. The number of guanidine groups is 1. The van der Waals surface area contributed by atoms with E-state index in [0.29, 0.717) is 0 Å². The largest absolute Gasteiger partial charge is 0.370 e. The van der Waals surface area contributed by atoms with Gasteiger partial charge in [0.25, 0.3) is 0 Å². The molecule has 0 aromatic heterocycles. The predicted molar refractivity (Wildman–Crippen MR) is 106 cm³/mol. The summed E-state index contributed by atoms with van der Waals surface area (Å²) < 4.78 is 0. The van der Waals surface area contributed by atoms with Crippen LogP contribution in [0.2, 0.25) is 0 Å². The van der Waals surface area contributed by atoms with Crippen molar-refractivity contribution < 1.29 is 0 Å². The number of nitrogens with two attached hydrogens (primary N) is 2. The Labute approximate surface area is 149 Å². The van der Waals surface area contributed by atoms with Crippen molar-refractivity contribution in [2.45, 2.75) is 46.0 Å². The summed E-state index contributed by atoms with van der Waals surface area (Å²) in [6, 6.07) is 8.83. The van der Waals surface area contributed by atoms with Crippen LogP contribution in [-0.2, 0) is 0 Å². The van der Waals surface area contributed by atoms with Gasteiger partial charge in [0.1, 0.15) is 0 Å². The first-order chi connectivity index (χ1) is 12.0. The maximum absolute atomic E-state index is 5.40. The third-order valence-electron chi connectivity index (χ3n) is 4.85. The zero-order chi connectivity index (χ0) is 17.8. The molecule has 3 rings (SSSR count). The molecule has 25 heavy (non-hydrogen) atoms. The first-order valence-electron chi connectivity index (χ1n) is 8.87. The molecule has 1 aliphatic heterocycles. The summed E-state index contributed by atoms with van der Waals surface area (Å²) in [5, 5.41) is 0. The highest BCUT2D eigenvalue weighted by atomic mass is 15.0. The van der Waals surface area contributed by atoms with Crippen LogP contribution in [0.1, 0.15) is 57.1 Å². The van der Waals surface area contributed by atoms with Crippen LogP contribution >= 0.6 is 0 Å². The van der Waals surface area contributed by atoms with Gasteiger partial charge in [0.15, 0.2) is 5.96 Å². The molecule has 1 heterocycles. The molecule has 0 fully saturated rings. The lowest BCUT2D eigenvalue weighted by Gasteiger charge is -2.13. The summed E-state index contributed by atoms with van der Waals surface area (Å²) in [4.78, 5) is 8.74. The molecule has 0 bridgehead atoms. The number of nitrogens with zero attached hydrogens (tertiary/aromatic N) is 2. The molecule has 0 saturated heterocycles. The Balaban J connectivity index is 1.74. The van der Waals surface area contributed by atoms with E-state index in [-0.39, 0.29) is 5.96 Å². The average molecular weight is 334 g/mol. The van der Waals surface area contributed by atoms with Crippen molar-refractivity contribution in [2.24, 2.45) is 21.5 Å². The summed E-state index contributed by atoms with van der Waals surface area (Å²) in [6.45, 7) is 4.05. The van der Waals surface area contributed by atoms with Crippen LogP contribution < -0.4 is 11.5 Å². The van der Waals surface area contributed by atoms with E-state index >= 15 is 0 Å². The number of rotatable bonds is 4. The van der Waals surface area contributed by atoms with Crippen molar-refractivity contribution in [1.29, 1.82) is 0 Å². The topological polar surface area (TPSA) is 76.8 Å². The average Bonchev–Trinajstić information content (AvgIpc) is 3.02. The second kappa shape index (κ2) is 7.51. The lowest BCUT2D eigenvalue weighted by atomic mass is 9.92. The van der Waals surface area contributed by atoms with Gasteiger partial charge in [-0.2, -0.15) is 0 Å². The molecular formula is C21H26N4. The maximum atomic E-state index is 5.40. The van der Waals surface area contributed by atoms with Gasteiger partial charge >= 0.3 is 0 Å². The summed E-state index contributed by atoms with van der Waals surface area (Å²) in [5.74, 6) is 0.0735. The van der Waals surface area contributed by atoms with Crippen molar-refractivity contribution in [3.05, 3.63) is 64.5 Å². The lowest BCUT2D eigenvalue weighted by Crippen LogP contribution is -2.21. The molecule has 0 radical (unpaired) electrons. The second-order valence-electron chi connectivity index (χ2n) is 6.72. The molecule has 4 nitrogen and oxygen atoms in total. The molecule has 0 atom stereocenters. The second-order valence-corrected chi connectivity index (χ2v) is 6.72. The van der Waals surface area contributed by atoms with E-state index in [1.165, 1.54) is 48.0 Å². The van der Waals surface area contributed by atoms with Crippen LogP contribution in [0.5, 0.6) is 0 Å². The third kappa shape index (κ3) is 4.08. The summed E-state index contributed by atoms with van der Waals surface area (Å²) >= 11 is 0. The number of hydrogen-bond acceptors (Lipinski definition) is 2. The Bertz CT molecular complexity index is 801. The van der Waals surface area contributed by atoms with E-state index in [4.69, 9.17) is 16.5 Å². The molecule has 0 spiro atoms. The molecule has 0 amide bonds. The van der Waals surface area contributed by atoms with Crippen LogP contribution in [0.3, 0.4) is 0 Å². The lowest BCUT2D eigenvalue weighted by molar-refractivity contribution is 0.742. The third-order valence-corrected chi connectivity index (χ3v) is 4.85. The SMILES string of the molecule is CC1=C(/C(C)=C/N=C(N)N)CC(c2ccc(C3=CCCCC3)cc2)=N1. The Morgan fingerprint density at radius 3 is 2.48 bits per heavy atom. The predicted octanol–water partition coefficient (Wildman–Crippen LogP) is 4.29. The van der Waals surface area contributed by atoms with Gasteiger partial charge in [0.2, 0.25) is 0 Å². The quantitative estimate of drug-likeness (QED) is 0.636. The van der Waals surface area contributed by atoms with Crippen LogP contribution in [0.4, 0.5) is 0 Å². The smallest absolute Gasteiger partial charge is 0.190 e. The van der Waals surface area contributed by atoms with Crippen molar-refractivity contribution in [2.75, 3.05) is 0 Å². The molecule has 0 saturated carbocycles. The van der Waals surface area contributed by atoms with E-state index in [2.05, 4.69) is 35.3 Å². The molecule has 4 N–H and O–H groups in total. The van der Waals surface area contributed by atoms with Gasteiger partial charge in [-0.25, -0.2) is 4.99 Å². The van der Waals surface area contributed by atoms with Crippen LogP contribution in [0, 0.1) is 0 Å². The molecule has 2 aliphatic rings. The van der Waals surface area contributed by atoms with Crippen LogP contribution in [0.15, 0.2) is 63.4 Å². The first kappa shape index (κ1) is 17.2. The fourth-order valence-electron chi connectivity index (χ4n) is 3.42. The fourth-order valence-corrected chi connectivity index (χ4v) is 3.42. The number of aliphatic imine (C=N–C) groups is 2. The van der Waals surface area contributed by atoms with E-state index < -0.39 is 0 Å². The molecule has 4 heteroatoms. The molecule has 1 aromatic rings. The number of benzene rings is 1. The normalized spacial score (nSPS) is 18.1. The van der Waals surface area contributed by atoms with E-state index in [9.17, 15) is 0 Å². The first-order valence-corrected chi connectivity index (χ1v) is 8.87. The van der Waals surface area contributed by atoms with Gasteiger partial charge in [0.05, 0.1) is 5.71 Å². The Morgan fingerprint density at radius 2 is 1.84 bits per heavy atom. The Morgan fingerprint density at radius 1 is 1.12 bits per heavy atom. The molecule has 0 unspecified atom stereocenters. The highest BCUT2D eigenvalue weighted by Crippen LogP contribution is 2.30. The van der Waals surface area contributed by atoms with Gasteiger partial charge in [-0.1, -0.05) is 30.3 Å². The van der Waals surface area contributed by atoms with Gasteiger partial charge < -0.3 is 11.5 Å². The highest BCUT2D eigenvalue weighted by Gasteiger charge is 2.18. The zero-order valence-electron chi connectivity index (χ0n) is 15.0. The Hall–Kier alpha value is -2.62. The van der Waals surface area contributed by atoms with Crippen molar-refractivity contribution >= 4 is 17.2 Å². The van der Waals surface area contributed by atoms with Gasteiger partial charge in [-0.15, -0.1) is 0 Å². The number of allylic oxidation sites excluding steroid dienone is 5. The molecule has 1 aliphatic carbocycles. The maximum Gasteiger partial charge on any atom is 0.190 e. The fraction of sp³-hybridized carbons (Fsp3) is 0.333. The zero-order valence-corrected chi connectivity index (χ0v) is 15.0. The van der Waals surface area contributed by atoms with Gasteiger partial charge in [-0.05, 0) is 67.4 Å². The van der Waals surface area contributed by atoms with Crippen LogP contribution in [-0.4, -0.2) is 11.7 Å². The summed E-state index contributed by atoms with van der Waals surface area (Å²) in [5.41, 5.74) is 19.2. The van der Waals surface area contributed by atoms with Crippen molar-refractivity contribution in [3.8, 4) is 0 Å². The van der Waals surface area contributed by atoms with E-state index in [1.54, 1.807) is 6.20 Å². The molecule has 1 aromatic carbocycles. The molecular weight excluding hydrogens is 308 g/mol. The van der Waals surface area contributed by atoms with Crippen molar-refractivity contribution in [1.82, 2.24) is 0 Å². The monoisotopic (exact) mass is 334 g/mol. The highest BCUT2D eigenvalue weighted by molar-refractivity contribution is 6.05. The minimum atomic E-state index is 0.0735. The van der Waals surface area contributed by atoms with E-state index in [0.717, 1.165) is 23.4 Å². The minimum absolute atomic E-state index is 0.0735. The minimum Gasteiger partial charge on any atom is -0.370 e. The standard InChI is InChI=1S/C21H26N4/c1-14(13-24-21(22)23)19-12-20(25-15(19)2)18-10-8-17(9-11-18)16-6-4-3-5-7-16/h6,8-11,13H,3-5,7,12H2,1-2H3,(H4,22,23,24)/b14-13+. The van der Waals surface area contributed by atoms with Crippen LogP contribution in [0.25, 0.3) is 5.57 Å². The van der Waals surface area contributed by atoms with Crippen molar-refractivity contribution in [3.63, 3.8) is 0 Å². The van der Waals surface area contributed by atoms with E-state index in [1.807, 2.05) is 13.8 Å². The van der Waals surface area contributed by atoms with Gasteiger partial charge in [-0.3, -0.25) is 4.99 Å². The summed E-state index contributed by atoms with van der Waals surface area (Å²) in [7, 11) is 0.